The van der Waals surface area contributed by atoms with Crippen LogP contribution in [-0.4, -0.2) is 20.6 Å². The van der Waals surface area contributed by atoms with E-state index in [-0.39, 0.29) is 5.75 Å². The number of phenolic OH excluding ortho intramolecular Hbond substituents is 1. The van der Waals surface area contributed by atoms with E-state index in [4.69, 9.17) is 5.73 Å². The number of rotatable bonds is 5. The first-order chi connectivity index (χ1) is 12.0. The number of aromatic hydroxyl groups is 1. The van der Waals surface area contributed by atoms with Crippen molar-refractivity contribution in [2.75, 3.05) is 0 Å². The highest BCUT2D eigenvalue weighted by Gasteiger charge is 2.23. The molecule has 2 heterocycles. The molecule has 0 saturated heterocycles. The van der Waals surface area contributed by atoms with Gasteiger partial charge in [-0.3, -0.25) is 9.78 Å². The number of phenols is 1. The number of nitrogens with zero attached hydrogens (tertiary/aromatic N) is 2. The van der Waals surface area contributed by atoms with E-state index < -0.39 is 5.91 Å². The first kappa shape index (κ1) is 16.8. The fourth-order valence-electron chi connectivity index (χ4n) is 3.25. The van der Waals surface area contributed by atoms with E-state index >= 15 is 0 Å². The first-order valence-corrected chi connectivity index (χ1v) is 8.18. The van der Waals surface area contributed by atoms with E-state index in [1.807, 2.05) is 44.2 Å². The van der Waals surface area contributed by atoms with Gasteiger partial charge < -0.3 is 15.4 Å². The third-order valence-corrected chi connectivity index (χ3v) is 4.51. The van der Waals surface area contributed by atoms with Gasteiger partial charge in [0.1, 0.15) is 5.75 Å². The van der Waals surface area contributed by atoms with Crippen LogP contribution in [0.15, 0.2) is 48.7 Å². The lowest BCUT2D eigenvalue weighted by Crippen LogP contribution is -2.14. The monoisotopic (exact) mass is 335 g/mol. The lowest BCUT2D eigenvalue weighted by Gasteiger charge is -2.10. The Hall–Kier alpha value is -3.08. The van der Waals surface area contributed by atoms with Crippen LogP contribution in [0.1, 0.15) is 27.3 Å². The molecule has 0 fully saturated rings. The van der Waals surface area contributed by atoms with Crippen LogP contribution in [0, 0.1) is 13.8 Å². The number of benzene rings is 1. The number of carbonyl (C=O) groups excluding carboxylic acids is 1. The van der Waals surface area contributed by atoms with Gasteiger partial charge >= 0.3 is 0 Å². The average molecular weight is 335 g/mol. The van der Waals surface area contributed by atoms with Crippen molar-refractivity contribution >= 4 is 5.91 Å². The van der Waals surface area contributed by atoms with Crippen LogP contribution in [0.2, 0.25) is 0 Å². The SMILES string of the molecule is Cc1c(C(N)=O)c(-c2ccccn2)c(C)n1CCc1ccc(O)cc1. The molecule has 0 saturated carbocycles. The number of nitrogens with two attached hydrogens (primary N) is 1. The van der Waals surface area contributed by atoms with Crippen LogP contribution >= 0.6 is 0 Å². The third kappa shape index (κ3) is 3.26. The van der Waals surface area contributed by atoms with E-state index in [2.05, 4.69) is 9.55 Å². The Kier molecular flexibility index (Phi) is 4.57. The summed E-state index contributed by atoms with van der Waals surface area (Å²) in [5.41, 5.74) is 10.7. The summed E-state index contributed by atoms with van der Waals surface area (Å²) in [5, 5.41) is 9.39. The number of carbonyl (C=O) groups is 1. The lowest BCUT2D eigenvalue weighted by atomic mass is 10.0. The Bertz CT molecular complexity index is 897. The Labute approximate surface area is 146 Å². The van der Waals surface area contributed by atoms with E-state index in [0.717, 1.165) is 41.2 Å². The molecular formula is C20H21N3O2. The zero-order valence-electron chi connectivity index (χ0n) is 14.4. The molecule has 25 heavy (non-hydrogen) atoms. The predicted octanol–water partition coefficient (Wildman–Crippen LogP) is 3.21. The molecule has 0 unspecified atom stereocenters. The molecule has 0 aliphatic carbocycles. The first-order valence-electron chi connectivity index (χ1n) is 8.18. The molecule has 3 rings (SSSR count). The molecule has 128 valence electrons. The van der Waals surface area contributed by atoms with Crippen molar-refractivity contribution in [1.29, 1.82) is 0 Å². The molecule has 0 radical (unpaired) electrons. The summed E-state index contributed by atoms with van der Waals surface area (Å²) in [6, 6.07) is 12.8. The van der Waals surface area contributed by atoms with Crippen molar-refractivity contribution in [3.8, 4) is 17.0 Å². The van der Waals surface area contributed by atoms with Gasteiger partial charge in [-0.25, -0.2) is 0 Å². The minimum Gasteiger partial charge on any atom is -0.508 e. The lowest BCUT2D eigenvalue weighted by molar-refractivity contribution is 0.1000. The Morgan fingerprint density at radius 2 is 1.84 bits per heavy atom. The van der Waals surface area contributed by atoms with Crippen LogP contribution in [0.5, 0.6) is 5.75 Å². The molecule has 0 bridgehead atoms. The largest absolute Gasteiger partial charge is 0.508 e. The molecule has 3 N–H and O–H groups in total. The summed E-state index contributed by atoms with van der Waals surface area (Å²) in [6.45, 7) is 4.62. The minimum atomic E-state index is -0.440. The third-order valence-electron chi connectivity index (χ3n) is 4.51. The summed E-state index contributed by atoms with van der Waals surface area (Å²) >= 11 is 0. The highest BCUT2D eigenvalue weighted by atomic mass is 16.3. The zero-order chi connectivity index (χ0) is 18.0. The van der Waals surface area contributed by atoms with Gasteiger partial charge in [0.15, 0.2) is 0 Å². The summed E-state index contributed by atoms with van der Waals surface area (Å²) < 4.78 is 2.11. The maximum absolute atomic E-state index is 12.0. The van der Waals surface area contributed by atoms with Crippen molar-refractivity contribution in [3.63, 3.8) is 0 Å². The van der Waals surface area contributed by atoms with Crippen LogP contribution in [0.25, 0.3) is 11.3 Å². The number of hydrogen-bond donors (Lipinski definition) is 2. The van der Waals surface area contributed by atoms with Crippen LogP contribution in [0.4, 0.5) is 0 Å². The molecule has 5 nitrogen and oxygen atoms in total. The number of amides is 1. The maximum atomic E-state index is 12.0. The number of aryl methyl sites for hydroxylation is 1. The molecule has 0 aliphatic heterocycles. The van der Waals surface area contributed by atoms with E-state index in [0.29, 0.717) is 5.56 Å². The zero-order valence-corrected chi connectivity index (χ0v) is 14.4. The highest BCUT2D eigenvalue weighted by Crippen LogP contribution is 2.31. The van der Waals surface area contributed by atoms with E-state index in [9.17, 15) is 9.90 Å². The Morgan fingerprint density at radius 1 is 1.12 bits per heavy atom. The topological polar surface area (TPSA) is 81.1 Å². The highest BCUT2D eigenvalue weighted by molar-refractivity contribution is 6.01. The van der Waals surface area contributed by atoms with Crippen LogP contribution < -0.4 is 5.73 Å². The second-order valence-corrected chi connectivity index (χ2v) is 6.07. The van der Waals surface area contributed by atoms with Gasteiger partial charge in [0.25, 0.3) is 5.91 Å². The van der Waals surface area contributed by atoms with Gasteiger partial charge in [0.2, 0.25) is 0 Å². The second-order valence-electron chi connectivity index (χ2n) is 6.07. The van der Waals surface area contributed by atoms with Gasteiger partial charge in [0, 0.05) is 29.7 Å². The second kappa shape index (κ2) is 6.81. The molecule has 0 spiro atoms. The van der Waals surface area contributed by atoms with Gasteiger partial charge in [0.05, 0.1) is 11.3 Å². The van der Waals surface area contributed by atoms with Gasteiger partial charge in [-0.1, -0.05) is 18.2 Å². The molecule has 1 amide bonds. The number of primary amides is 1. The number of aromatic nitrogens is 2. The van der Waals surface area contributed by atoms with Crippen molar-refractivity contribution < 1.29 is 9.90 Å². The van der Waals surface area contributed by atoms with Gasteiger partial charge in [-0.15, -0.1) is 0 Å². The predicted molar refractivity (Wildman–Crippen MR) is 97.5 cm³/mol. The fraction of sp³-hybridized carbons (Fsp3) is 0.200. The summed E-state index contributed by atoms with van der Waals surface area (Å²) in [7, 11) is 0. The smallest absolute Gasteiger partial charge is 0.251 e. The standard InChI is InChI=1S/C20H21N3O2/c1-13-18(17-5-3-4-11-22-17)19(20(21)25)14(2)23(13)12-10-15-6-8-16(24)9-7-15/h3-9,11,24H,10,12H2,1-2H3,(H2,21,25). The van der Waals surface area contributed by atoms with Gasteiger partial charge in [-0.2, -0.15) is 0 Å². The molecule has 2 aromatic heterocycles. The molecule has 1 aromatic carbocycles. The van der Waals surface area contributed by atoms with Crippen molar-refractivity contribution in [2.45, 2.75) is 26.8 Å². The molecular weight excluding hydrogens is 314 g/mol. The molecule has 3 aromatic rings. The normalized spacial score (nSPS) is 10.8. The minimum absolute atomic E-state index is 0.255. The quantitative estimate of drug-likeness (QED) is 0.751. The van der Waals surface area contributed by atoms with Crippen LogP contribution in [0.3, 0.4) is 0 Å². The summed E-state index contributed by atoms with van der Waals surface area (Å²) in [4.78, 5) is 16.4. The van der Waals surface area contributed by atoms with E-state index in [1.54, 1.807) is 18.3 Å². The Morgan fingerprint density at radius 3 is 2.44 bits per heavy atom. The Balaban J connectivity index is 2.00. The molecule has 0 atom stereocenters. The maximum Gasteiger partial charge on any atom is 0.251 e. The van der Waals surface area contributed by atoms with Crippen molar-refractivity contribution in [2.24, 2.45) is 5.73 Å². The van der Waals surface area contributed by atoms with Crippen molar-refractivity contribution in [1.82, 2.24) is 9.55 Å². The van der Waals surface area contributed by atoms with Gasteiger partial charge in [-0.05, 0) is 50.1 Å². The average Bonchev–Trinajstić information content (AvgIpc) is 2.86. The summed E-state index contributed by atoms with van der Waals surface area (Å²) in [5.74, 6) is -0.185. The number of pyridine rings is 1. The molecule has 0 aliphatic rings. The van der Waals surface area contributed by atoms with Crippen molar-refractivity contribution in [3.05, 3.63) is 71.2 Å². The van der Waals surface area contributed by atoms with Crippen LogP contribution in [-0.2, 0) is 13.0 Å². The summed E-state index contributed by atoms with van der Waals surface area (Å²) in [6.07, 6.45) is 2.50. The van der Waals surface area contributed by atoms with E-state index in [1.165, 1.54) is 0 Å². The fourth-order valence-corrected chi connectivity index (χ4v) is 3.25. The molecule has 5 heteroatoms. The number of hydrogen-bond acceptors (Lipinski definition) is 3.